The van der Waals surface area contributed by atoms with Crippen LogP contribution in [0.3, 0.4) is 0 Å². The Labute approximate surface area is 162 Å². The van der Waals surface area contributed by atoms with Crippen LogP contribution in [0.15, 0.2) is 61.1 Å². The fourth-order valence-corrected chi connectivity index (χ4v) is 3.56. The highest BCUT2D eigenvalue weighted by Crippen LogP contribution is 2.41. The van der Waals surface area contributed by atoms with Gasteiger partial charge in [0.15, 0.2) is 5.65 Å². The number of hydrogen-bond donors (Lipinski definition) is 1. The van der Waals surface area contributed by atoms with E-state index in [1.165, 1.54) is 18.6 Å². The highest BCUT2D eigenvalue weighted by molar-refractivity contribution is 6.06. The number of hydrogen-bond acceptors (Lipinski definition) is 4. The molecule has 1 aliphatic rings. The minimum Gasteiger partial charge on any atom is -0.325 e. The molecule has 1 amide bonds. The molecule has 0 saturated heterocycles. The Hall–Kier alpha value is -3.75. The third-order valence-corrected chi connectivity index (χ3v) is 4.88. The summed E-state index contributed by atoms with van der Waals surface area (Å²) in [6.45, 7) is 0. The van der Waals surface area contributed by atoms with E-state index in [0.717, 1.165) is 17.8 Å². The second kappa shape index (κ2) is 6.13. The van der Waals surface area contributed by atoms with Crippen LogP contribution in [0.2, 0.25) is 0 Å². The van der Waals surface area contributed by atoms with Crippen LogP contribution in [0, 0.1) is 0 Å². The number of fused-ring (bicyclic) bond motifs is 2. The fraction of sp³-hybridized carbons (Fsp3) is 0.100. The van der Waals surface area contributed by atoms with Crippen LogP contribution in [-0.4, -0.2) is 25.7 Å². The number of benzene rings is 2. The van der Waals surface area contributed by atoms with Gasteiger partial charge in [0.25, 0.3) is 0 Å². The lowest BCUT2D eigenvalue weighted by atomic mass is 9.94. The van der Waals surface area contributed by atoms with Crippen LogP contribution in [0.1, 0.15) is 22.7 Å². The molecule has 0 spiro atoms. The molecular formula is C20H12F3N5O. The standard InChI is InChI=1S/C20H12F3N5O/c21-20(22,23)11-6-7-15-13(8-11)16(19(29)27-15)17-14-9-26-28(18(14)25-10-24-17)12-4-2-1-3-5-12/h1-10,16H,(H,27,29). The molecule has 5 rings (SSSR count). The largest absolute Gasteiger partial charge is 0.416 e. The highest BCUT2D eigenvalue weighted by Gasteiger charge is 2.38. The lowest BCUT2D eigenvalue weighted by Gasteiger charge is -2.12. The second-order valence-corrected chi connectivity index (χ2v) is 6.61. The molecule has 6 nitrogen and oxygen atoms in total. The van der Waals surface area contributed by atoms with Crippen molar-refractivity contribution in [2.24, 2.45) is 0 Å². The van der Waals surface area contributed by atoms with Gasteiger partial charge in [-0.15, -0.1) is 0 Å². The Balaban J connectivity index is 1.68. The predicted octanol–water partition coefficient (Wildman–Crippen LogP) is 3.92. The van der Waals surface area contributed by atoms with Crippen molar-refractivity contribution in [2.75, 3.05) is 5.32 Å². The van der Waals surface area contributed by atoms with Gasteiger partial charge in [-0.25, -0.2) is 14.6 Å². The molecule has 0 saturated carbocycles. The van der Waals surface area contributed by atoms with Gasteiger partial charge in [0.1, 0.15) is 12.2 Å². The number of anilines is 1. The molecule has 144 valence electrons. The molecule has 1 N–H and O–H groups in total. The monoisotopic (exact) mass is 395 g/mol. The average molecular weight is 395 g/mol. The zero-order chi connectivity index (χ0) is 20.2. The zero-order valence-corrected chi connectivity index (χ0v) is 14.7. The van der Waals surface area contributed by atoms with Crippen molar-refractivity contribution in [2.45, 2.75) is 12.1 Å². The van der Waals surface area contributed by atoms with Crippen LogP contribution in [-0.2, 0) is 11.0 Å². The van der Waals surface area contributed by atoms with E-state index in [-0.39, 0.29) is 5.56 Å². The molecule has 2 aromatic heterocycles. The summed E-state index contributed by atoms with van der Waals surface area (Å²) in [6, 6.07) is 12.5. The number of nitrogens with zero attached hydrogens (tertiary/aromatic N) is 4. The maximum Gasteiger partial charge on any atom is 0.416 e. The van der Waals surface area contributed by atoms with Gasteiger partial charge < -0.3 is 5.32 Å². The lowest BCUT2D eigenvalue weighted by molar-refractivity contribution is -0.137. The molecule has 1 aliphatic heterocycles. The summed E-state index contributed by atoms with van der Waals surface area (Å²) in [4.78, 5) is 21.1. The van der Waals surface area contributed by atoms with Crippen molar-refractivity contribution in [3.63, 3.8) is 0 Å². The molecule has 0 bridgehead atoms. The van der Waals surface area contributed by atoms with E-state index in [9.17, 15) is 18.0 Å². The van der Waals surface area contributed by atoms with Gasteiger partial charge in [0.2, 0.25) is 5.91 Å². The number of amides is 1. The molecular weight excluding hydrogens is 383 g/mol. The Morgan fingerprint density at radius 3 is 2.59 bits per heavy atom. The first-order valence-corrected chi connectivity index (χ1v) is 8.69. The van der Waals surface area contributed by atoms with Crippen LogP contribution >= 0.6 is 0 Å². The molecule has 29 heavy (non-hydrogen) atoms. The first-order valence-electron chi connectivity index (χ1n) is 8.69. The zero-order valence-electron chi connectivity index (χ0n) is 14.7. The SMILES string of the molecule is O=C1Nc2ccc(C(F)(F)F)cc2C1c1ncnc2c1cnn2-c1ccccc1. The van der Waals surface area contributed by atoms with E-state index in [4.69, 9.17) is 0 Å². The fourth-order valence-electron chi connectivity index (χ4n) is 3.56. The van der Waals surface area contributed by atoms with Gasteiger partial charge >= 0.3 is 6.18 Å². The van der Waals surface area contributed by atoms with Crippen LogP contribution in [0.5, 0.6) is 0 Å². The van der Waals surface area contributed by atoms with Gasteiger partial charge in [0.05, 0.1) is 28.5 Å². The number of carbonyl (C=O) groups is 1. The summed E-state index contributed by atoms with van der Waals surface area (Å²) >= 11 is 0. The summed E-state index contributed by atoms with van der Waals surface area (Å²) < 4.78 is 41.1. The summed E-state index contributed by atoms with van der Waals surface area (Å²) in [7, 11) is 0. The van der Waals surface area contributed by atoms with Gasteiger partial charge in [-0.3, -0.25) is 4.79 Å². The quantitative estimate of drug-likeness (QED) is 0.558. The molecule has 2 aromatic carbocycles. The molecule has 9 heteroatoms. The van der Waals surface area contributed by atoms with E-state index in [1.807, 2.05) is 30.3 Å². The van der Waals surface area contributed by atoms with Gasteiger partial charge in [0, 0.05) is 5.69 Å². The van der Waals surface area contributed by atoms with Gasteiger partial charge in [-0.1, -0.05) is 18.2 Å². The molecule has 3 heterocycles. The third kappa shape index (κ3) is 2.74. The van der Waals surface area contributed by atoms with Crippen molar-refractivity contribution >= 4 is 22.6 Å². The van der Waals surface area contributed by atoms with E-state index in [1.54, 1.807) is 4.68 Å². The lowest BCUT2D eigenvalue weighted by Crippen LogP contribution is -2.15. The van der Waals surface area contributed by atoms with E-state index in [0.29, 0.717) is 22.4 Å². The Bertz CT molecular complexity index is 1250. The predicted molar refractivity (Wildman–Crippen MR) is 98.6 cm³/mol. The second-order valence-electron chi connectivity index (χ2n) is 6.61. The maximum atomic E-state index is 13.2. The van der Waals surface area contributed by atoms with Crippen molar-refractivity contribution in [1.29, 1.82) is 0 Å². The van der Waals surface area contributed by atoms with E-state index >= 15 is 0 Å². The molecule has 0 radical (unpaired) electrons. The summed E-state index contributed by atoms with van der Waals surface area (Å²) in [6.07, 6.45) is -1.70. The molecule has 4 aromatic rings. The number of alkyl halides is 3. The highest BCUT2D eigenvalue weighted by atomic mass is 19.4. The number of aromatic nitrogens is 4. The van der Waals surface area contributed by atoms with E-state index in [2.05, 4.69) is 20.4 Å². The maximum absolute atomic E-state index is 13.2. The topological polar surface area (TPSA) is 72.7 Å². The normalized spacial score (nSPS) is 16.1. The smallest absolute Gasteiger partial charge is 0.325 e. The Morgan fingerprint density at radius 1 is 1.03 bits per heavy atom. The Morgan fingerprint density at radius 2 is 1.83 bits per heavy atom. The summed E-state index contributed by atoms with van der Waals surface area (Å²) in [5.41, 5.74) is 1.31. The minimum absolute atomic E-state index is 0.234. The first kappa shape index (κ1) is 17.4. The number of carbonyl (C=O) groups excluding carboxylic acids is 1. The molecule has 0 aliphatic carbocycles. The summed E-state index contributed by atoms with van der Waals surface area (Å²) in [5, 5.41) is 7.47. The Kier molecular flexibility index (Phi) is 3.67. The van der Waals surface area contributed by atoms with Crippen molar-refractivity contribution < 1.29 is 18.0 Å². The molecule has 1 atom stereocenters. The molecule has 0 fully saturated rings. The third-order valence-electron chi connectivity index (χ3n) is 4.88. The van der Waals surface area contributed by atoms with Crippen LogP contribution in [0.25, 0.3) is 16.7 Å². The number of nitrogens with one attached hydrogen (secondary N) is 1. The number of rotatable bonds is 2. The first-order chi connectivity index (χ1) is 13.9. The average Bonchev–Trinajstić information content (AvgIpc) is 3.27. The van der Waals surface area contributed by atoms with E-state index < -0.39 is 23.6 Å². The van der Waals surface area contributed by atoms with Crippen molar-refractivity contribution in [1.82, 2.24) is 19.7 Å². The number of halogens is 3. The van der Waals surface area contributed by atoms with Gasteiger partial charge in [-0.05, 0) is 35.9 Å². The minimum atomic E-state index is -4.51. The number of para-hydroxylation sites is 1. The van der Waals surface area contributed by atoms with Gasteiger partial charge in [-0.2, -0.15) is 18.3 Å². The summed E-state index contributed by atoms with van der Waals surface area (Å²) in [5.74, 6) is -1.42. The van der Waals surface area contributed by atoms with Crippen LogP contribution in [0.4, 0.5) is 18.9 Å². The van der Waals surface area contributed by atoms with Crippen molar-refractivity contribution in [3.8, 4) is 5.69 Å². The van der Waals surface area contributed by atoms with Crippen LogP contribution < -0.4 is 5.32 Å². The van der Waals surface area contributed by atoms with Crippen molar-refractivity contribution in [3.05, 3.63) is 77.9 Å². The molecule has 1 unspecified atom stereocenters.